The molecule has 2 aliphatic rings. The van der Waals surface area contributed by atoms with Crippen LogP contribution in [0.1, 0.15) is 28.9 Å². The van der Waals surface area contributed by atoms with Crippen molar-refractivity contribution in [2.45, 2.75) is 19.3 Å². The number of carbonyl (C=O) groups is 1. The van der Waals surface area contributed by atoms with Crippen LogP contribution in [0.3, 0.4) is 0 Å². The molecule has 0 bridgehead atoms. The van der Waals surface area contributed by atoms with Gasteiger partial charge in [-0.15, -0.1) is 11.3 Å². The van der Waals surface area contributed by atoms with E-state index in [1.807, 2.05) is 18.1 Å². The van der Waals surface area contributed by atoms with Crippen molar-refractivity contribution in [2.75, 3.05) is 32.7 Å². The van der Waals surface area contributed by atoms with Crippen LogP contribution in [-0.2, 0) is 7.05 Å². The summed E-state index contributed by atoms with van der Waals surface area (Å²) in [5.41, 5.74) is 0.967. The molecule has 1 unspecified atom stereocenters. The minimum atomic E-state index is 0.131. The van der Waals surface area contributed by atoms with Crippen LogP contribution in [0.4, 0.5) is 0 Å². The summed E-state index contributed by atoms with van der Waals surface area (Å²) in [7, 11) is 1.88. The van der Waals surface area contributed by atoms with E-state index in [-0.39, 0.29) is 5.91 Å². The molecule has 2 aromatic heterocycles. The maximum absolute atomic E-state index is 12.7. The number of thiazole rings is 1. The number of hydrogen-bond acceptors (Lipinski definition) is 5. The molecule has 0 aromatic carbocycles. The van der Waals surface area contributed by atoms with Crippen molar-refractivity contribution < 1.29 is 4.79 Å². The predicted molar refractivity (Wildman–Crippen MR) is 94.0 cm³/mol. The second-order valence-corrected chi connectivity index (χ2v) is 7.88. The number of hydrogen-bond donors (Lipinski definition) is 0. The number of aryl methyl sites for hydroxylation is 1. The highest BCUT2D eigenvalue weighted by Gasteiger charge is 2.29. The van der Waals surface area contributed by atoms with Crippen molar-refractivity contribution >= 4 is 17.2 Å². The summed E-state index contributed by atoms with van der Waals surface area (Å²) in [6, 6.07) is 0. The first-order valence-electron chi connectivity index (χ1n) is 8.65. The molecule has 2 aromatic rings. The molecule has 1 atom stereocenters. The van der Waals surface area contributed by atoms with Gasteiger partial charge in [-0.2, -0.15) is 5.10 Å². The lowest BCUT2D eigenvalue weighted by Crippen LogP contribution is -2.31. The summed E-state index contributed by atoms with van der Waals surface area (Å²) in [5, 5.41) is 5.03. The van der Waals surface area contributed by atoms with Gasteiger partial charge in [-0.1, -0.05) is 0 Å². The van der Waals surface area contributed by atoms with Gasteiger partial charge in [0, 0.05) is 38.4 Å². The van der Waals surface area contributed by atoms with Gasteiger partial charge in [0.25, 0.3) is 5.91 Å². The molecule has 0 aliphatic carbocycles. The predicted octanol–water partition coefficient (Wildman–Crippen LogP) is 2.10. The van der Waals surface area contributed by atoms with Crippen LogP contribution < -0.4 is 0 Å². The Labute approximate surface area is 146 Å². The lowest BCUT2D eigenvalue weighted by molar-refractivity contribution is 0.0789. The first-order valence-corrected chi connectivity index (χ1v) is 9.47. The molecule has 4 heterocycles. The number of aromatic nitrogens is 3. The lowest BCUT2D eigenvalue weighted by Gasteiger charge is -2.20. The van der Waals surface area contributed by atoms with Crippen LogP contribution in [0.25, 0.3) is 10.6 Å². The maximum Gasteiger partial charge on any atom is 0.265 e. The smallest absolute Gasteiger partial charge is 0.265 e. The molecule has 1 amide bonds. The average Bonchev–Trinajstić information content (AvgIpc) is 3.35. The van der Waals surface area contributed by atoms with Gasteiger partial charge in [0.1, 0.15) is 9.88 Å². The largest absolute Gasteiger partial charge is 0.338 e. The SMILES string of the molecule is Cn1cc(-c2ncc(C(=O)N3CCC(CN4CCCC4)C3)s2)cn1. The van der Waals surface area contributed by atoms with E-state index in [2.05, 4.69) is 15.0 Å². The van der Waals surface area contributed by atoms with Gasteiger partial charge < -0.3 is 9.80 Å². The van der Waals surface area contributed by atoms with Crippen molar-refractivity contribution in [3.05, 3.63) is 23.5 Å². The van der Waals surface area contributed by atoms with Crippen molar-refractivity contribution in [3.63, 3.8) is 0 Å². The van der Waals surface area contributed by atoms with Crippen molar-refractivity contribution in [2.24, 2.45) is 13.0 Å². The zero-order valence-electron chi connectivity index (χ0n) is 14.0. The van der Waals surface area contributed by atoms with Gasteiger partial charge in [0.15, 0.2) is 0 Å². The van der Waals surface area contributed by atoms with Gasteiger partial charge >= 0.3 is 0 Å². The Balaban J connectivity index is 1.38. The molecule has 2 saturated heterocycles. The molecule has 128 valence electrons. The van der Waals surface area contributed by atoms with Gasteiger partial charge in [-0.3, -0.25) is 9.48 Å². The fraction of sp³-hybridized carbons (Fsp3) is 0.588. The molecule has 4 rings (SSSR count). The first kappa shape index (κ1) is 15.8. The van der Waals surface area contributed by atoms with Gasteiger partial charge in [-0.25, -0.2) is 4.98 Å². The third-order valence-corrected chi connectivity index (χ3v) is 5.99. The summed E-state index contributed by atoms with van der Waals surface area (Å²) < 4.78 is 1.75. The van der Waals surface area contributed by atoms with E-state index in [1.165, 1.54) is 37.3 Å². The molecule has 2 fully saturated rings. The van der Waals surface area contributed by atoms with E-state index in [4.69, 9.17) is 0 Å². The summed E-state index contributed by atoms with van der Waals surface area (Å²) in [6.45, 7) is 5.36. The standard InChI is InChI=1S/C17H23N5OS/c1-20-12-14(8-19-20)16-18-9-15(24-16)17(23)22-7-4-13(11-22)10-21-5-2-3-6-21/h8-9,12-13H,2-7,10-11H2,1H3. The van der Waals surface area contributed by atoms with Gasteiger partial charge in [0.05, 0.1) is 12.4 Å². The average molecular weight is 345 g/mol. The summed E-state index contributed by atoms with van der Waals surface area (Å²) in [5.74, 6) is 0.754. The molecule has 7 heteroatoms. The molecule has 2 aliphatic heterocycles. The Morgan fingerprint density at radius 2 is 2.12 bits per heavy atom. The molecule has 6 nitrogen and oxygen atoms in total. The minimum Gasteiger partial charge on any atom is -0.338 e. The highest BCUT2D eigenvalue weighted by atomic mass is 32.1. The number of likely N-dealkylation sites (tertiary alicyclic amines) is 2. The van der Waals surface area contributed by atoms with Crippen molar-refractivity contribution in [1.82, 2.24) is 24.6 Å². The number of rotatable bonds is 4. The molecule has 0 saturated carbocycles. The van der Waals surface area contributed by atoms with E-state index < -0.39 is 0 Å². The second-order valence-electron chi connectivity index (χ2n) is 6.85. The molecule has 0 N–H and O–H groups in total. The van der Waals surface area contributed by atoms with E-state index in [0.29, 0.717) is 5.92 Å². The Hall–Kier alpha value is -1.73. The van der Waals surface area contributed by atoms with Crippen LogP contribution in [-0.4, -0.2) is 63.2 Å². The van der Waals surface area contributed by atoms with E-state index in [1.54, 1.807) is 17.1 Å². The maximum atomic E-state index is 12.7. The number of nitrogens with zero attached hydrogens (tertiary/aromatic N) is 5. The monoisotopic (exact) mass is 345 g/mol. The Morgan fingerprint density at radius 1 is 1.29 bits per heavy atom. The highest BCUT2D eigenvalue weighted by molar-refractivity contribution is 7.16. The highest BCUT2D eigenvalue weighted by Crippen LogP contribution is 2.27. The van der Waals surface area contributed by atoms with Crippen LogP contribution >= 0.6 is 11.3 Å². The molecular formula is C17H23N5OS. The first-order chi connectivity index (χ1) is 11.7. The van der Waals surface area contributed by atoms with E-state index in [9.17, 15) is 4.79 Å². The van der Waals surface area contributed by atoms with Crippen molar-refractivity contribution in [1.29, 1.82) is 0 Å². The molecule has 0 spiro atoms. The molecule has 24 heavy (non-hydrogen) atoms. The molecular weight excluding hydrogens is 322 g/mol. The fourth-order valence-electron chi connectivity index (χ4n) is 3.69. The number of carbonyl (C=O) groups excluding carboxylic acids is 1. The van der Waals surface area contributed by atoms with Crippen LogP contribution in [0, 0.1) is 5.92 Å². The third-order valence-electron chi connectivity index (χ3n) is 4.96. The number of amides is 1. The lowest BCUT2D eigenvalue weighted by atomic mass is 10.1. The third kappa shape index (κ3) is 3.23. The summed E-state index contributed by atoms with van der Waals surface area (Å²) in [4.78, 5) is 22.4. The van der Waals surface area contributed by atoms with Crippen LogP contribution in [0.5, 0.6) is 0 Å². The second kappa shape index (κ2) is 6.64. The Bertz CT molecular complexity index is 718. The summed E-state index contributed by atoms with van der Waals surface area (Å²) >= 11 is 1.46. The van der Waals surface area contributed by atoms with Gasteiger partial charge in [0.2, 0.25) is 0 Å². The Kier molecular flexibility index (Phi) is 4.37. The minimum absolute atomic E-state index is 0.131. The zero-order valence-corrected chi connectivity index (χ0v) is 14.8. The van der Waals surface area contributed by atoms with Crippen molar-refractivity contribution in [3.8, 4) is 10.6 Å². The van der Waals surface area contributed by atoms with E-state index >= 15 is 0 Å². The molecule has 0 radical (unpaired) electrons. The Morgan fingerprint density at radius 3 is 2.88 bits per heavy atom. The van der Waals surface area contributed by atoms with Crippen LogP contribution in [0.15, 0.2) is 18.6 Å². The van der Waals surface area contributed by atoms with Crippen LogP contribution in [0.2, 0.25) is 0 Å². The van der Waals surface area contributed by atoms with E-state index in [0.717, 1.165) is 41.5 Å². The normalized spacial score (nSPS) is 21.7. The van der Waals surface area contributed by atoms with Gasteiger partial charge in [-0.05, 0) is 38.3 Å². The zero-order chi connectivity index (χ0) is 16.5. The quantitative estimate of drug-likeness (QED) is 0.852. The topological polar surface area (TPSA) is 54.3 Å². The fourth-order valence-corrected chi connectivity index (χ4v) is 4.55. The summed E-state index contributed by atoms with van der Waals surface area (Å²) in [6.07, 6.45) is 9.20.